The van der Waals surface area contributed by atoms with Crippen molar-refractivity contribution in [2.24, 2.45) is 0 Å². The summed E-state index contributed by atoms with van der Waals surface area (Å²) < 4.78 is 10.9. The average Bonchev–Trinajstić information content (AvgIpc) is 2.39. The summed E-state index contributed by atoms with van der Waals surface area (Å²) in [5.41, 5.74) is 0.877. The molecule has 2 rings (SSSR count). The molecule has 1 heterocycles. The molecule has 0 unspecified atom stereocenters. The number of nitrogens with zero attached hydrogens (tertiary/aromatic N) is 1. The van der Waals surface area contributed by atoms with Crippen LogP contribution in [0.4, 0.5) is 5.69 Å². The average molecular weight is 239 g/mol. The van der Waals surface area contributed by atoms with Gasteiger partial charge >= 0.3 is 0 Å². The molecule has 1 aliphatic rings. The molecule has 0 fully saturated rings. The van der Waals surface area contributed by atoms with E-state index in [1.54, 1.807) is 0 Å². The van der Waals surface area contributed by atoms with Gasteiger partial charge in [0.2, 0.25) is 0 Å². The molecule has 94 valence electrons. The monoisotopic (exact) mass is 239 g/mol. The number of aliphatic hydroxyl groups is 2. The second-order valence-electron chi connectivity index (χ2n) is 3.96. The Kier molecular flexibility index (Phi) is 3.71. The Hall–Kier alpha value is -1.46. The molecule has 2 N–H and O–H groups in total. The van der Waals surface area contributed by atoms with E-state index in [0.717, 1.165) is 11.4 Å². The molecule has 0 aromatic heterocycles. The normalized spacial score (nSPS) is 13.9. The molecule has 0 spiro atoms. The van der Waals surface area contributed by atoms with Gasteiger partial charge in [0.1, 0.15) is 13.2 Å². The van der Waals surface area contributed by atoms with Crippen LogP contribution in [0.5, 0.6) is 11.5 Å². The fourth-order valence-electron chi connectivity index (χ4n) is 1.76. The summed E-state index contributed by atoms with van der Waals surface area (Å²) in [5, 5.41) is 18.3. The van der Waals surface area contributed by atoms with Crippen molar-refractivity contribution < 1.29 is 19.7 Å². The Labute approximate surface area is 100 Å². The lowest BCUT2D eigenvalue weighted by Gasteiger charge is -2.28. The Morgan fingerprint density at radius 1 is 1.18 bits per heavy atom. The highest BCUT2D eigenvalue weighted by atomic mass is 16.6. The van der Waals surface area contributed by atoms with Gasteiger partial charge in [-0.2, -0.15) is 0 Å². The fourth-order valence-corrected chi connectivity index (χ4v) is 1.76. The van der Waals surface area contributed by atoms with Crippen molar-refractivity contribution in [2.75, 3.05) is 38.4 Å². The second kappa shape index (κ2) is 5.25. The largest absolute Gasteiger partial charge is 0.486 e. The topological polar surface area (TPSA) is 62.2 Å². The van der Waals surface area contributed by atoms with Crippen LogP contribution in [0.2, 0.25) is 0 Å². The number of ether oxygens (including phenoxy) is 2. The number of aliphatic hydroxyl groups excluding tert-OH is 2. The zero-order valence-electron chi connectivity index (χ0n) is 9.80. The van der Waals surface area contributed by atoms with Crippen molar-refractivity contribution in [3.05, 3.63) is 18.2 Å². The predicted molar refractivity (Wildman–Crippen MR) is 63.8 cm³/mol. The molecule has 17 heavy (non-hydrogen) atoms. The highest BCUT2D eigenvalue weighted by Crippen LogP contribution is 2.34. The van der Waals surface area contributed by atoms with Gasteiger partial charge in [0.15, 0.2) is 11.5 Å². The fraction of sp³-hybridized carbons (Fsp3) is 0.500. The van der Waals surface area contributed by atoms with E-state index >= 15 is 0 Å². The van der Waals surface area contributed by atoms with E-state index in [-0.39, 0.29) is 19.3 Å². The van der Waals surface area contributed by atoms with Gasteiger partial charge in [0, 0.05) is 18.8 Å². The minimum Gasteiger partial charge on any atom is -0.486 e. The molecule has 0 aliphatic carbocycles. The highest BCUT2D eigenvalue weighted by molar-refractivity contribution is 5.57. The molecule has 0 saturated heterocycles. The number of benzene rings is 1. The SMILES string of the molecule is CN(c1ccc2c(c1)OCCO2)C(CO)CO. The molecule has 0 amide bonds. The van der Waals surface area contributed by atoms with E-state index in [0.29, 0.717) is 19.0 Å². The first-order valence-corrected chi connectivity index (χ1v) is 5.60. The van der Waals surface area contributed by atoms with Crippen LogP contribution in [0.1, 0.15) is 0 Å². The van der Waals surface area contributed by atoms with Crippen molar-refractivity contribution in [1.29, 1.82) is 0 Å². The maximum Gasteiger partial charge on any atom is 0.163 e. The lowest BCUT2D eigenvalue weighted by atomic mass is 10.2. The summed E-state index contributed by atoms with van der Waals surface area (Å²) in [5.74, 6) is 1.44. The van der Waals surface area contributed by atoms with Gasteiger partial charge in [-0.05, 0) is 12.1 Å². The van der Waals surface area contributed by atoms with Crippen molar-refractivity contribution in [3.63, 3.8) is 0 Å². The molecular weight excluding hydrogens is 222 g/mol. The molecule has 5 heteroatoms. The molecule has 5 nitrogen and oxygen atoms in total. The van der Waals surface area contributed by atoms with Crippen molar-refractivity contribution in [1.82, 2.24) is 0 Å². The van der Waals surface area contributed by atoms with Crippen LogP contribution in [-0.4, -0.2) is 49.7 Å². The van der Waals surface area contributed by atoms with Gasteiger partial charge < -0.3 is 24.6 Å². The molecule has 0 radical (unpaired) electrons. The first-order valence-electron chi connectivity index (χ1n) is 5.60. The minimum atomic E-state index is -0.308. The zero-order valence-corrected chi connectivity index (χ0v) is 9.80. The zero-order chi connectivity index (χ0) is 12.3. The highest BCUT2D eigenvalue weighted by Gasteiger charge is 2.17. The van der Waals surface area contributed by atoms with E-state index in [2.05, 4.69) is 0 Å². The summed E-state index contributed by atoms with van der Waals surface area (Å²) in [6, 6.07) is 5.27. The van der Waals surface area contributed by atoms with Crippen LogP contribution in [-0.2, 0) is 0 Å². The molecular formula is C12H17NO4. The van der Waals surface area contributed by atoms with Crippen molar-refractivity contribution in [2.45, 2.75) is 6.04 Å². The van der Waals surface area contributed by atoms with Crippen LogP contribution >= 0.6 is 0 Å². The van der Waals surface area contributed by atoms with Crippen LogP contribution < -0.4 is 14.4 Å². The summed E-state index contributed by atoms with van der Waals surface area (Å²) in [6.45, 7) is 0.921. The lowest BCUT2D eigenvalue weighted by Crippen LogP contribution is -2.37. The first-order chi connectivity index (χ1) is 8.26. The summed E-state index contributed by atoms with van der Waals surface area (Å²) in [4.78, 5) is 1.82. The maximum atomic E-state index is 9.14. The van der Waals surface area contributed by atoms with E-state index < -0.39 is 0 Å². The molecule has 1 aromatic carbocycles. The molecule has 0 atom stereocenters. The van der Waals surface area contributed by atoms with E-state index in [1.807, 2.05) is 30.1 Å². The standard InChI is InChI=1S/C12H17NO4/c1-13(10(7-14)8-15)9-2-3-11-12(6-9)17-5-4-16-11/h2-3,6,10,14-15H,4-5,7-8H2,1H3. The lowest BCUT2D eigenvalue weighted by molar-refractivity contribution is 0.171. The van der Waals surface area contributed by atoms with Gasteiger partial charge in [-0.15, -0.1) is 0 Å². The summed E-state index contributed by atoms with van der Waals surface area (Å²) in [7, 11) is 1.82. The number of likely N-dealkylation sites (N-methyl/N-ethyl adjacent to an activating group) is 1. The van der Waals surface area contributed by atoms with Gasteiger partial charge in [-0.25, -0.2) is 0 Å². The third-order valence-corrected chi connectivity index (χ3v) is 2.90. The van der Waals surface area contributed by atoms with E-state index in [1.165, 1.54) is 0 Å². The maximum absolute atomic E-state index is 9.14. The summed E-state index contributed by atoms with van der Waals surface area (Å²) in [6.07, 6.45) is 0. The van der Waals surface area contributed by atoms with Crippen LogP contribution in [0.15, 0.2) is 18.2 Å². The second-order valence-corrected chi connectivity index (χ2v) is 3.96. The molecule has 0 saturated carbocycles. The Balaban J connectivity index is 2.21. The molecule has 1 aliphatic heterocycles. The van der Waals surface area contributed by atoms with Gasteiger partial charge in [0.05, 0.1) is 19.3 Å². The smallest absolute Gasteiger partial charge is 0.163 e. The van der Waals surface area contributed by atoms with Crippen molar-refractivity contribution in [3.8, 4) is 11.5 Å². The number of hydrogen-bond donors (Lipinski definition) is 2. The quantitative estimate of drug-likeness (QED) is 0.788. The summed E-state index contributed by atoms with van der Waals surface area (Å²) >= 11 is 0. The number of hydrogen-bond acceptors (Lipinski definition) is 5. The molecule has 0 bridgehead atoms. The van der Waals surface area contributed by atoms with E-state index in [9.17, 15) is 0 Å². The number of anilines is 1. The predicted octanol–water partition coefficient (Wildman–Crippen LogP) is 0.247. The Morgan fingerprint density at radius 3 is 2.47 bits per heavy atom. The van der Waals surface area contributed by atoms with Gasteiger partial charge in [0.25, 0.3) is 0 Å². The Morgan fingerprint density at radius 2 is 1.82 bits per heavy atom. The van der Waals surface area contributed by atoms with Crippen LogP contribution in [0.25, 0.3) is 0 Å². The van der Waals surface area contributed by atoms with Crippen LogP contribution in [0, 0.1) is 0 Å². The Bertz CT molecular complexity index is 379. The minimum absolute atomic E-state index is 0.0958. The number of rotatable bonds is 4. The third kappa shape index (κ3) is 2.45. The first kappa shape index (κ1) is 12.0. The number of fused-ring (bicyclic) bond motifs is 1. The third-order valence-electron chi connectivity index (χ3n) is 2.90. The van der Waals surface area contributed by atoms with Crippen molar-refractivity contribution >= 4 is 5.69 Å². The van der Waals surface area contributed by atoms with Gasteiger partial charge in [-0.1, -0.05) is 0 Å². The van der Waals surface area contributed by atoms with Crippen LogP contribution in [0.3, 0.4) is 0 Å². The van der Waals surface area contributed by atoms with E-state index in [4.69, 9.17) is 19.7 Å². The molecule has 1 aromatic rings. The van der Waals surface area contributed by atoms with Gasteiger partial charge in [-0.3, -0.25) is 0 Å².